The number of nitro groups is 1. The number of rotatable bonds is 4. The maximum atomic E-state index is 12.3. The van der Waals surface area contributed by atoms with Crippen molar-refractivity contribution in [2.24, 2.45) is 0 Å². The number of amides is 1. The number of carbonyl (C=O) groups is 1. The molecule has 0 radical (unpaired) electrons. The van der Waals surface area contributed by atoms with Gasteiger partial charge in [0.15, 0.2) is 0 Å². The zero-order valence-corrected chi connectivity index (χ0v) is 12.7. The van der Waals surface area contributed by atoms with Crippen LogP contribution < -0.4 is 10.6 Å². The van der Waals surface area contributed by atoms with E-state index >= 15 is 0 Å². The van der Waals surface area contributed by atoms with Gasteiger partial charge in [0.2, 0.25) is 0 Å². The standard InChI is InChI=1S/C14H12BrN3O3/c1-16-13-6-5-11(18(20)21)8-12(13)14(19)17-10-4-2-3-9(15)7-10/h2-8,16H,1H3,(H,17,19). The number of anilines is 2. The van der Waals surface area contributed by atoms with E-state index in [0.29, 0.717) is 11.4 Å². The van der Waals surface area contributed by atoms with E-state index in [4.69, 9.17) is 0 Å². The van der Waals surface area contributed by atoms with Crippen LogP contribution in [0.15, 0.2) is 46.9 Å². The lowest BCUT2D eigenvalue weighted by molar-refractivity contribution is -0.384. The molecule has 1 amide bonds. The Labute approximate surface area is 129 Å². The summed E-state index contributed by atoms with van der Waals surface area (Å²) in [6.07, 6.45) is 0. The summed E-state index contributed by atoms with van der Waals surface area (Å²) in [6.45, 7) is 0. The molecule has 0 bridgehead atoms. The Balaban J connectivity index is 2.33. The number of benzene rings is 2. The molecule has 0 aliphatic rings. The van der Waals surface area contributed by atoms with Crippen molar-refractivity contribution in [3.8, 4) is 0 Å². The van der Waals surface area contributed by atoms with Crippen molar-refractivity contribution in [1.29, 1.82) is 0 Å². The van der Waals surface area contributed by atoms with Gasteiger partial charge >= 0.3 is 0 Å². The van der Waals surface area contributed by atoms with Crippen LogP contribution in [-0.4, -0.2) is 17.9 Å². The first-order valence-corrected chi connectivity index (χ1v) is 6.83. The van der Waals surface area contributed by atoms with Crippen molar-refractivity contribution < 1.29 is 9.72 Å². The van der Waals surface area contributed by atoms with E-state index in [1.165, 1.54) is 18.2 Å². The fraction of sp³-hybridized carbons (Fsp3) is 0.0714. The Hall–Kier alpha value is -2.41. The molecule has 6 nitrogen and oxygen atoms in total. The van der Waals surface area contributed by atoms with Crippen LogP contribution in [0.1, 0.15) is 10.4 Å². The number of hydrogen-bond donors (Lipinski definition) is 2. The van der Waals surface area contributed by atoms with Crippen molar-refractivity contribution in [1.82, 2.24) is 0 Å². The van der Waals surface area contributed by atoms with Gasteiger partial charge in [-0.2, -0.15) is 0 Å². The van der Waals surface area contributed by atoms with Crippen LogP contribution in [-0.2, 0) is 0 Å². The van der Waals surface area contributed by atoms with Crippen LogP contribution in [0.25, 0.3) is 0 Å². The first-order chi connectivity index (χ1) is 10.0. The van der Waals surface area contributed by atoms with Gasteiger partial charge in [0.1, 0.15) is 0 Å². The normalized spacial score (nSPS) is 10.0. The number of halogens is 1. The number of carbonyl (C=O) groups excluding carboxylic acids is 1. The molecule has 0 heterocycles. The fourth-order valence-electron chi connectivity index (χ4n) is 1.82. The van der Waals surface area contributed by atoms with E-state index in [9.17, 15) is 14.9 Å². The first-order valence-electron chi connectivity index (χ1n) is 6.04. The summed E-state index contributed by atoms with van der Waals surface area (Å²) in [7, 11) is 1.65. The van der Waals surface area contributed by atoms with Gasteiger partial charge in [0.05, 0.1) is 10.5 Å². The SMILES string of the molecule is CNc1ccc([N+](=O)[O-])cc1C(=O)Nc1cccc(Br)c1. The highest BCUT2D eigenvalue weighted by molar-refractivity contribution is 9.10. The Morgan fingerprint density at radius 2 is 2.00 bits per heavy atom. The lowest BCUT2D eigenvalue weighted by Gasteiger charge is -2.10. The zero-order chi connectivity index (χ0) is 15.4. The lowest BCUT2D eigenvalue weighted by Crippen LogP contribution is -2.14. The van der Waals surface area contributed by atoms with Gasteiger partial charge < -0.3 is 10.6 Å². The number of hydrogen-bond acceptors (Lipinski definition) is 4. The summed E-state index contributed by atoms with van der Waals surface area (Å²) in [6, 6.07) is 11.2. The van der Waals surface area contributed by atoms with Gasteiger partial charge in [0, 0.05) is 35.0 Å². The lowest BCUT2D eigenvalue weighted by atomic mass is 10.1. The molecule has 21 heavy (non-hydrogen) atoms. The van der Waals surface area contributed by atoms with Gasteiger partial charge in [0.25, 0.3) is 11.6 Å². The van der Waals surface area contributed by atoms with E-state index < -0.39 is 10.8 Å². The molecular weight excluding hydrogens is 338 g/mol. The molecule has 0 aromatic heterocycles. The number of nitrogens with one attached hydrogen (secondary N) is 2. The molecule has 7 heteroatoms. The number of non-ortho nitro benzene ring substituents is 1. The van der Waals surface area contributed by atoms with Crippen LogP contribution in [0.2, 0.25) is 0 Å². The minimum atomic E-state index is -0.532. The topological polar surface area (TPSA) is 84.3 Å². The largest absolute Gasteiger partial charge is 0.387 e. The van der Waals surface area contributed by atoms with E-state index in [2.05, 4.69) is 26.6 Å². The minimum Gasteiger partial charge on any atom is -0.387 e. The molecule has 0 spiro atoms. The van der Waals surface area contributed by atoms with Gasteiger partial charge in [-0.3, -0.25) is 14.9 Å². The minimum absolute atomic E-state index is 0.131. The van der Waals surface area contributed by atoms with E-state index in [0.717, 1.165) is 4.47 Å². The number of nitro benzene ring substituents is 1. The van der Waals surface area contributed by atoms with Crippen molar-refractivity contribution in [2.45, 2.75) is 0 Å². The average Bonchev–Trinajstić information content (AvgIpc) is 2.46. The zero-order valence-electron chi connectivity index (χ0n) is 11.1. The number of nitrogens with zero attached hydrogens (tertiary/aromatic N) is 1. The van der Waals surface area contributed by atoms with Gasteiger partial charge in [-0.1, -0.05) is 22.0 Å². The fourth-order valence-corrected chi connectivity index (χ4v) is 2.22. The molecule has 2 rings (SSSR count). The molecule has 0 unspecified atom stereocenters. The monoisotopic (exact) mass is 349 g/mol. The Bertz CT molecular complexity index is 704. The highest BCUT2D eigenvalue weighted by atomic mass is 79.9. The van der Waals surface area contributed by atoms with Gasteiger partial charge in [-0.25, -0.2) is 0 Å². The van der Waals surface area contributed by atoms with Crippen molar-refractivity contribution in [3.63, 3.8) is 0 Å². The van der Waals surface area contributed by atoms with Crippen LogP contribution in [0.5, 0.6) is 0 Å². The van der Waals surface area contributed by atoms with Gasteiger partial charge in [-0.05, 0) is 24.3 Å². The summed E-state index contributed by atoms with van der Waals surface area (Å²) in [5.74, 6) is -0.416. The van der Waals surface area contributed by atoms with Crippen LogP contribution in [0, 0.1) is 10.1 Å². The summed E-state index contributed by atoms with van der Waals surface area (Å²) in [5.41, 5.74) is 1.20. The Morgan fingerprint density at radius 3 is 2.62 bits per heavy atom. The molecule has 0 atom stereocenters. The van der Waals surface area contributed by atoms with Crippen molar-refractivity contribution in [2.75, 3.05) is 17.7 Å². The molecule has 0 fully saturated rings. The second-order valence-corrected chi connectivity index (χ2v) is 5.12. The van der Waals surface area contributed by atoms with E-state index in [-0.39, 0.29) is 11.3 Å². The third-order valence-corrected chi connectivity index (χ3v) is 3.30. The molecule has 2 N–H and O–H groups in total. The molecule has 2 aromatic carbocycles. The quantitative estimate of drug-likeness (QED) is 0.651. The van der Waals surface area contributed by atoms with Crippen molar-refractivity contribution >= 4 is 38.9 Å². The third kappa shape index (κ3) is 3.57. The summed E-state index contributed by atoms with van der Waals surface area (Å²) in [5, 5.41) is 16.4. The van der Waals surface area contributed by atoms with Crippen LogP contribution in [0.3, 0.4) is 0 Å². The second-order valence-electron chi connectivity index (χ2n) is 4.20. The summed E-state index contributed by atoms with van der Waals surface area (Å²) >= 11 is 3.31. The first kappa shape index (κ1) is 15.0. The van der Waals surface area contributed by atoms with E-state index in [1.807, 2.05) is 6.07 Å². The predicted molar refractivity (Wildman–Crippen MR) is 84.7 cm³/mol. The maximum Gasteiger partial charge on any atom is 0.270 e. The smallest absolute Gasteiger partial charge is 0.270 e. The van der Waals surface area contributed by atoms with Crippen LogP contribution in [0.4, 0.5) is 17.1 Å². The molecule has 2 aromatic rings. The van der Waals surface area contributed by atoms with Gasteiger partial charge in [-0.15, -0.1) is 0 Å². The van der Waals surface area contributed by atoms with Crippen molar-refractivity contribution in [3.05, 3.63) is 62.6 Å². The summed E-state index contributed by atoms with van der Waals surface area (Å²) < 4.78 is 0.827. The maximum absolute atomic E-state index is 12.3. The highest BCUT2D eigenvalue weighted by Gasteiger charge is 2.16. The van der Waals surface area contributed by atoms with Crippen LogP contribution >= 0.6 is 15.9 Å². The molecule has 0 saturated heterocycles. The molecule has 0 aliphatic heterocycles. The molecule has 108 valence electrons. The Morgan fingerprint density at radius 1 is 1.24 bits per heavy atom. The second kappa shape index (κ2) is 6.36. The highest BCUT2D eigenvalue weighted by Crippen LogP contribution is 2.23. The molecule has 0 aliphatic carbocycles. The van der Waals surface area contributed by atoms with E-state index in [1.54, 1.807) is 25.2 Å². The average molecular weight is 350 g/mol. The third-order valence-electron chi connectivity index (χ3n) is 2.81. The molecule has 0 saturated carbocycles. The Kier molecular flexibility index (Phi) is 4.54. The predicted octanol–water partition coefficient (Wildman–Crippen LogP) is 3.65. The summed E-state index contributed by atoms with van der Waals surface area (Å²) in [4.78, 5) is 22.6. The molecular formula is C14H12BrN3O3.